The first kappa shape index (κ1) is 16.6. The van der Waals surface area contributed by atoms with Crippen molar-refractivity contribution in [3.05, 3.63) is 63.0 Å². The molecular formula is C18H19ClN2O3. The van der Waals surface area contributed by atoms with Crippen LogP contribution in [0.3, 0.4) is 0 Å². The molecule has 1 saturated heterocycles. The number of nitrogens with zero attached hydrogens (tertiary/aromatic N) is 2. The Morgan fingerprint density at radius 3 is 2.75 bits per heavy atom. The van der Waals surface area contributed by atoms with E-state index in [0.717, 1.165) is 12.1 Å². The van der Waals surface area contributed by atoms with E-state index in [1.807, 2.05) is 13.0 Å². The van der Waals surface area contributed by atoms with Crippen LogP contribution in [0.25, 0.3) is 0 Å². The molecule has 0 aliphatic carbocycles. The van der Waals surface area contributed by atoms with Gasteiger partial charge in [0.15, 0.2) is 0 Å². The molecule has 1 atom stereocenters. The lowest BCUT2D eigenvalue weighted by molar-refractivity contribution is 0.0772. The van der Waals surface area contributed by atoms with E-state index in [9.17, 15) is 9.59 Å². The minimum atomic E-state index is -0.122. The average molecular weight is 347 g/mol. The van der Waals surface area contributed by atoms with Crippen LogP contribution in [0.2, 0.25) is 5.02 Å². The summed E-state index contributed by atoms with van der Waals surface area (Å²) in [6.07, 6.45) is 0.604. The van der Waals surface area contributed by atoms with E-state index >= 15 is 0 Å². The molecule has 1 unspecified atom stereocenters. The molecule has 0 spiro atoms. The molecule has 1 aliphatic heterocycles. The monoisotopic (exact) mass is 346 g/mol. The van der Waals surface area contributed by atoms with Crippen LogP contribution in [0.15, 0.2) is 41.2 Å². The highest BCUT2D eigenvalue weighted by Gasteiger charge is 2.29. The van der Waals surface area contributed by atoms with Gasteiger partial charge in [0.25, 0.3) is 11.5 Å². The molecule has 3 rings (SSSR count). The number of ether oxygens (including phenoxy) is 1. The molecule has 1 aliphatic rings. The fourth-order valence-corrected chi connectivity index (χ4v) is 3.03. The van der Waals surface area contributed by atoms with E-state index in [0.29, 0.717) is 29.4 Å². The predicted octanol–water partition coefficient (Wildman–Crippen LogP) is 2.64. The fraction of sp³-hybridized carbons (Fsp3) is 0.333. The summed E-state index contributed by atoms with van der Waals surface area (Å²) in [7, 11) is 1.72. The number of benzene rings is 1. The van der Waals surface area contributed by atoms with Crippen LogP contribution in [-0.4, -0.2) is 34.6 Å². The van der Waals surface area contributed by atoms with Crippen molar-refractivity contribution in [1.82, 2.24) is 9.47 Å². The second-order valence-corrected chi connectivity index (χ2v) is 6.40. The Morgan fingerprint density at radius 2 is 2.04 bits per heavy atom. The molecule has 126 valence electrons. The summed E-state index contributed by atoms with van der Waals surface area (Å²) >= 11 is 6.10. The number of carbonyl (C=O) groups is 1. The molecule has 1 aromatic carbocycles. The van der Waals surface area contributed by atoms with Crippen LogP contribution >= 0.6 is 11.6 Å². The van der Waals surface area contributed by atoms with Gasteiger partial charge in [-0.3, -0.25) is 9.59 Å². The topological polar surface area (TPSA) is 51.5 Å². The summed E-state index contributed by atoms with van der Waals surface area (Å²) < 4.78 is 7.46. The molecule has 2 aromatic rings. The third-order valence-electron chi connectivity index (χ3n) is 4.32. The minimum absolute atomic E-state index is 0.0909. The van der Waals surface area contributed by atoms with Crippen molar-refractivity contribution in [3.63, 3.8) is 0 Å². The van der Waals surface area contributed by atoms with Crippen LogP contribution in [0.5, 0.6) is 5.75 Å². The highest BCUT2D eigenvalue weighted by atomic mass is 35.5. The highest BCUT2D eigenvalue weighted by molar-refractivity contribution is 6.33. The molecule has 0 bridgehead atoms. The Hall–Kier alpha value is -2.27. The molecule has 1 fully saturated rings. The lowest BCUT2D eigenvalue weighted by Crippen LogP contribution is -2.31. The van der Waals surface area contributed by atoms with Crippen molar-refractivity contribution in [3.8, 4) is 5.75 Å². The number of rotatable bonds is 3. The number of pyridine rings is 1. The SMILES string of the molecule is Cc1cc(OC2CCN(C(=O)c3ccccc3Cl)C2)cc(=O)n1C. The van der Waals surface area contributed by atoms with Crippen LogP contribution < -0.4 is 10.3 Å². The number of carbonyl (C=O) groups excluding carboxylic acids is 1. The van der Waals surface area contributed by atoms with Crippen molar-refractivity contribution in [2.24, 2.45) is 7.05 Å². The van der Waals surface area contributed by atoms with Crippen molar-refractivity contribution >= 4 is 17.5 Å². The van der Waals surface area contributed by atoms with Crippen molar-refractivity contribution in [1.29, 1.82) is 0 Å². The highest BCUT2D eigenvalue weighted by Crippen LogP contribution is 2.22. The van der Waals surface area contributed by atoms with Crippen LogP contribution in [0.4, 0.5) is 0 Å². The molecule has 2 heterocycles. The lowest BCUT2D eigenvalue weighted by atomic mass is 10.2. The van der Waals surface area contributed by atoms with E-state index in [4.69, 9.17) is 16.3 Å². The third kappa shape index (κ3) is 3.31. The van der Waals surface area contributed by atoms with Crippen LogP contribution in [0.1, 0.15) is 22.5 Å². The summed E-state index contributed by atoms with van der Waals surface area (Å²) in [4.78, 5) is 26.1. The molecule has 0 saturated carbocycles. The van der Waals surface area contributed by atoms with Gasteiger partial charge in [-0.15, -0.1) is 0 Å². The zero-order valence-electron chi connectivity index (χ0n) is 13.7. The van der Waals surface area contributed by atoms with Crippen molar-refractivity contribution in [2.75, 3.05) is 13.1 Å². The Kier molecular flexibility index (Phi) is 4.62. The largest absolute Gasteiger partial charge is 0.488 e. The average Bonchev–Trinajstić information content (AvgIpc) is 3.01. The summed E-state index contributed by atoms with van der Waals surface area (Å²) in [5.74, 6) is 0.458. The Morgan fingerprint density at radius 1 is 1.29 bits per heavy atom. The molecule has 1 aromatic heterocycles. The lowest BCUT2D eigenvalue weighted by Gasteiger charge is -2.18. The summed E-state index contributed by atoms with van der Waals surface area (Å²) in [6, 6.07) is 10.3. The van der Waals surface area contributed by atoms with Gasteiger partial charge < -0.3 is 14.2 Å². The third-order valence-corrected chi connectivity index (χ3v) is 4.65. The molecule has 0 radical (unpaired) electrons. The summed E-state index contributed by atoms with van der Waals surface area (Å²) in [5.41, 5.74) is 1.23. The second kappa shape index (κ2) is 6.69. The number of aryl methyl sites for hydroxylation is 1. The smallest absolute Gasteiger partial charge is 0.255 e. The Labute approximate surface area is 145 Å². The van der Waals surface area contributed by atoms with Gasteiger partial charge in [-0.25, -0.2) is 0 Å². The summed E-state index contributed by atoms with van der Waals surface area (Å²) in [6.45, 7) is 2.95. The number of amides is 1. The van der Waals surface area contributed by atoms with Gasteiger partial charge in [0.1, 0.15) is 11.9 Å². The first-order valence-electron chi connectivity index (χ1n) is 7.84. The zero-order chi connectivity index (χ0) is 17.3. The van der Waals surface area contributed by atoms with Gasteiger partial charge in [0.05, 0.1) is 17.1 Å². The number of halogens is 1. The summed E-state index contributed by atoms with van der Waals surface area (Å²) in [5, 5.41) is 0.453. The van der Waals surface area contributed by atoms with Gasteiger partial charge in [-0.2, -0.15) is 0 Å². The normalized spacial score (nSPS) is 17.1. The zero-order valence-corrected chi connectivity index (χ0v) is 14.4. The van der Waals surface area contributed by atoms with Gasteiger partial charge in [0.2, 0.25) is 0 Å². The van der Waals surface area contributed by atoms with E-state index in [2.05, 4.69) is 0 Å². The maximum absolute atomic E-state index is 12.6. The van der Waals surface area contributed by atoms with Gasteiger partial charge in [0, 0.05) is 31.8 Å². The quantitative estimate of drug-likeness (QED) is 0.858. The molecule has 6 heteroatoms. The fourth-order valence-electron chi connectivity index (χ4n) is 2.81. The number of aromatic nitrogens is 1. The van der Waals surface area contributed by atoms with Crippen LogP contribution in [-0.2, 0) is 7.05 Å². The Balaban J connectivity index is 1.69. The van der Waals surface area contributed by atoms with Gasteiger partial charge >= 0.3 is 0 Å². The second-order valence-electron chi connectivity index (χ2n) is 5.99. The first-order valence-corrected chi connectivity index (χ1v) is 8.21. The number of likely N-dealkylation sites (tertiary alicyclic amines) is 1. The van der Waals surface area contributed by atoms with E-state index in [1.165, 1.54) is 6.07 Å². The predicted molar refractivity (Wildman–Crippen MR) is 92.8 cm³/mol. The van der Waals surface area contributed by atoms with E-state index in [1.54, 1.807) is 40.8 Å². The number of hydrogen-bond donors (Lipinski definition) is 0. The molecule has 5 nitrogen and oxygen atoms in total. The minimum Gasteiger partial charge on any atom is -0.488 e. The molecule has 0 N–H and O–H groups in total. The number of hydrogen-bond acceptors (Lipinski definition) is 3. The maximum Gasteiger partial charge on any atom is 0.255 e. The first-order chi connectivity index (χ1) is 11.5. The standard InChI is InChI=1S/C18H19ClN2O3/c1-12-9-14(10-17(22)20(12)2)24-13-7-8-21(11-13)18(23)15-5-3-4-6-16(15)19/h3-6,9-10,13H,7-8,11H2,1-2H3. The molecular weight excluding hydrogens is 328 g/mol. The van der Waals surface area contributed by atoms with Crippen molar-refractivity contribution < 1.29 is 9.53 Å². The molecule has 1 amide bonds. The molecule has 24 heavy (non-hydrogen) atoms. The van der Waals surface area contributed by atoms with Gasteiger partial charge in [-0.05, 0) is 25.1 Å². The van der Waals surface area contributed by atoms with E-state index < -0.39 is 0 Å². The maximum atomic E-state index is 12.6. The Bertz CT molecular complexity index is 831. The van der Waals surface area contributed by atoms with E-state index in [-0.39, 0.29) is 17.6 Å². The van der Waals surface area contributed by atoms with Crippen LogP contribution in [0, 0.1) is 6.92 Å². The van der Waals surface area contributed by atoms with Gasteiger partial charge in [-0.1, -0.05) is 23.7 Å². The van der Waals surface area contributed by atoms with Crippen molar-refractivity contribution in [2.45, 2.75) is 19.4 Å².